The van der Waals surface area contributed by atoms with E-state index in [4.69, 9.17) is 0 Å². The quantitative estimate of drug-likeness (QED) is 0.708. The Hall–Kier alpha value is -2.11. The Bertz CT molecular complexity index is 740. The van der Waals surface area contributed by atoms with Gasteiger partial charge >= 0.3 is 0 Å². The summed E-state index contributed by atoms with van der Waals surface area (Å²) in [6.45, 7) is 0. The van der Waals surface area contributed by atoms with Crippen LogP contribution in [0.25, 0.3) is 10.6 Å². The minimum Gasteiger partial charge on any atom is -0.325 e. The number of carbonyl (C=O) groups excluding carboxylic acids is 1. The first kappa shape index (κ1) is 15.8. The van der Waals surface area contributed by atoms with Gasteiger partial charge in [-0.1, -0.05) is 30.3 Å². The van der Waals surface area contributed by atoms with Crippen molar-refractivity contribution in [3.05, 3.63) is 71.7 Å². The molecule has 1 aromatic heterocycles. The zero-order valence-electron chi connectivity index (χ0n) is 12.4. The summed E-state index contributed by atoms with van der Waals surface area (Å²) in [5, 5.41) is 5.86. The minimum atomic E-state index is 0.0212. The van der Waals surface area contributed by atoms with Crippen LogP contribution >= 0.6 is 23.1 Å². The molecule has 1 heterocycles. The van der Waals surface area contributed by atoms with Gasteiger partial charge in [-0.25, -0.2) is 4.98 Å². The summed E-state index contributed by atoms with van der Waals surface area (Å²) >= 11 is 3.22. The van der Waals surface area contributed by atoms with Crippen LogP contribution in [0.1, 0.15) is 5.56 Å². The van der Waals surface area contributed by atoms with Gasteiger partial charge in [0.25, 0.3) is 0 Å². The molecule has 3 rings (SSSR count). The molecule has 1 N–H and O–H groups in total. The van der Waals surface area contributed by atoms with Crippen LogP contribution in [0.3, 0.4) is 0 Å². The fraction of sp³-hybridized carbons (Fsp3) is 0.111. The van der Waals surface area contributed by atoms with E-state index in [9.17, 15) is 4.79 Å². The highest BCUT2D eigenvalue weighted by Gasteiger charge is 2.04. The molecular weight excluding hydrogens is 324 g/mol. The number of thioether (sulfide) groups is 1. The van der Waals surface area contributed by atoms with Crippen LogP contribution in [0.4, 0.5) is 5.69 Å². The SMILES string of the molecule is O=C(CSCc1ccccc1)Nc1ccc(-c2nccs2)cc1. The Morgan fingerprint density at radius 3 is 2.57 bits per heavy atom. The highest BCUT2D eigenvalue weighted by atomic mass is 32.2. The van der Waals surface area contributed by atoms with Crippen LogP contribution in [-0.2, 0) is 10.5 Å². The summed E-state index contributed by atoms with van der Waals surface area (Å²) in [6.07, 6.45) is 1.79. The van der Waals surface area contributed by atoms with Crippen LogP contribution in [0.5, 0.6) is 0 Å². The van der Waals surface area contributed by atoms with Gasteiger partial charge in [0.05, 0.1) is 5.75 Å². The molecule has 0 unspecified atom stereocenters. The predicted molar refractivity (Wildman–Crippen MR) is 98.8 cm³/mol. The van der Waals surface area contributed by atoms with Crippen LogP contribution in [-0.4, -0.2) is 16.6 Å². The van der Waals surface area contributed by atoms with E-state index in [0.29, 0.717) is 5.75 Å². The first-order chi connectivity index (χ1) is 11.3. The number of carbonyl (C=O) groups is 1. The van der Waals surface area contributed by atoms with Crippen LogP contribution in [0, 0.1) is 0 Å². The number of nitrogens with zero attached hydrogens (tertiary/aromatic N) is 1. The minimum absolute atomic E-state index is 0.0212. The summed E-state index contributed by atoms with van der Waals surface area (Å²) in [5.41, 5.74) is 3.12. The molecule has 0 aliphatic heterocycles. The van der Waals surface area contributed by atoms with Crippen molar-refractivity contribution in [3.63, 3.8) is 0 Å². The number of anilines is 1. The number of amides is 1. The predicted octanol–water partition coefficient (Wildman–Crippen LogP) is 4.68. The molecule has 5 heteroatoms. The van der Waals surface area contributed by atoms with Crippen molar-refractivity contribution in [1.82, 2.24) is 4.98 Å². The molecule has 0 bridgehead atoms. The molecule has 0 spiro atoms. The Balaban J connectivity index is 1.48. The number of nitrogens with one attached hydrogen (secondary N) is 1. The largest absolute Gasteiger partial charge is 0.325 e. The molecule has 1 amide bonds. The zero-order chi connectivity index (χ0) is 15.9. The number of hydrogen-bond acceptors (Lipinski definition) is 4. The summed E-state index contributed by atoms with van der Waals surface area (Å²) in [4.78, 5) is 16.2. The Morgan fingerprint density at radius 1 is 1.09 bits per heavy atom. The molecule has 0 fully saturated rings. The van der Waals surface area contributed by atoms with E-state index in [0.717, 1.165) is 22.0 Å². The third kappa shape index (κ3) is 4.68. The van der Waals surface area contributed by atoms with Gasteiger partial charge < -0.3 is 5.32 Å². The molecule has 2 aromatic carbocycles. The maximum absolute atomic E-state index is 12.0. The second kappa shape index (κ2) is 7.94. The standard InChI is InChI=1S/C18H16N2OS2/c21-17(13-22-12-14-4-2-1-3-5-14)20-16-8-6-15(7-9-16)18-19-10-11-23-18/h1-11H,12-13H2,(H,20,21). The summed E-state index contributed by atoms with van der Waals surface area (Å²) in [7, 11) is 0. The van der Waals surface area contributed by atoms with Crippen molar-refractivity contribution in [2.75, 3.05) is 11.1 Å². The van der Waals surface area contributed by atoms with E-state index in [1.807, 2.05) is 47.8 Å². The lowest BCUT2D eigenvalue weighted by Crippen LogP contribution is -2.14. The van der Waals surface area contributed by atoms with E-state index in [1.165, 1.54) is 5.56 Å². The third-order valence-corrected chi connectivity index (χ3v) is 5.02. The molecule has 0 atom stereocenters. The molecular formula is C18H16N2OS2. The van der Waals surface area contributed by atoms with Gasteiger partial charge in [0, 0.05) is 28.6 Å². The zero-order valence-corrected chi connectivity index (χ0v) is 14.1. The number of rotatable bonds is 6. The summed E-state index contributed by atoms with van der Waals surface area (Å²) in [5.74, 6) is 1.31. The van der Waals surface area contributed by atoms with E-state index < -0.39 is 0 Å². The maximum atomic E-state index is 12.0. The highest BCUT2D eigenvalue weighted by molar-refractivity contribution is 7.99. The number of benzene rings is 2. The van der Waals surface area contributed by atoms with Crippen molar-refractivity contribution in [3.8, 4) is 10.6 Å². The van der Waals surface area contributed by atoms with Crippen LogP contribution in [0.2, 0.25) is 0 Å². The molecule has 0 aliphatic rings. The first-order valence-electron chi connectivity index (χ1n) is 7.23. The Kier molecular flexibility index (Phi) is 5.45. The van der Waals surface area contributed by atoms with Crippen molar-refractivity contribution in [2.45, 2.75) is 5.75 Å². The van der Waals surface area contributed by atoms with Gasteiger partial charge in [-0.3, -0.25) is 4.79 Å². The van der Waals surface area contributed by atoms with Crippen molar-refractivity contribution >= 4 is 34.7 Å². The van der Waals surface area contributed by atoms with Gasteiger partial charge in [-0.05, 0) is 29.8 Å². The first-order valence-corrected chi connectivity index (χ1v) is 9.26. The lowest BCUT2D eigenvalue weighted by molar-refractivity contribution is -0.113. The third-order valence-electron chi connectivity index (χ3n) is 3.19. The number of aromatic nitrogens is 1. The molecule has 116 valence electrons. The molecule has 0 saturated heterocycles. The normalized spacial score (nSPS) is 10.4. The monoisotopic (exact) mass is 340 g/mol. The Morgan fingerprint density at radius 2 is 1.87 bits per heavy atom. The van der Waals surface area contributed by atoms with E-state index in [2.05, 4.69) is 22.4 Å². The van der Waals surface area contributed by atoms with E-state index >= 15 is 0 Å². The van der Waals surface area contributed by atoms with Gasteiger partial charge in [0.1, 0.15) is 5.01 Å². The number of hydrogen-bond donors (Lipinski definition) is 1. The Labute approximate surface area is 143 Å². The second-order valence-corrected chi connectivity index (χ2v) is 6.82. The molecule has 0 saturated carbocycles. The maximum Gasteiger partial charge on any atom is 0.234 e. The van der Waals surface area contributed by atoms with Crippen molar-refractivity contribution < 1.29 is 4.79 Å². The van der Waals surface area contributed by atoms with Crippen molar-refractivity contribution in [1.29, 1.82) is 0 Å². The van der Waals surface area contributed by atoms with Crippen LogP contribution in [0.15, 0.2) is 66.2 Å². The molecule has 3 aromatic rings. The summed E-state index contributed by atoms with van der Waals surface area (Å²) in [6, 6.07) is 17.9. The second-order valence-electron chi connectivity index (χ2n) is 4.94. The average Bonchev–Trinajstić information content (AvgIpc) is 3.11. The van der Waals surface area contributed by atoms with Gasteiger partial charge in [-0.2, -0.15) is 0 Å². The smallest absolute Gasteiger partial charge is 0.234 e. The van der Waals surface area contributed by atoms with Gasteiger partial charge in [0.15, 0.2) is 0 Å². The van der Waals surface area contributed by atoms with Crippen molar-refractivity contribution in [2.24, 2.45) is 0 Å². The summed E-state index contributed by atoms with van der Waals surface area (Å²) < 4.78 is 0. The fourth-order valence-corrected chi connectivity index (χ4v) is 3.53. The van der Waals surface area contributed by atoms with E-state index in [1.54, 1.807) is 29.3 Å². The molecule has 0 radical (unpaired) electrons. The molecule has 3 nitrogen and oxygen atoms in total. The molecule has 0 aliphatic carbocycles. The number of thiazole rings is 1. The van der Waals surface area contributed by atoms with Gasteiger partial charge in [0.2, 0.25) is 5.91 Å². The van der Waals surface area contributed by atoms with Crippen LogP contribution < -0.4 is 5.32 Å². The topological polar surface area (TPSA) is 42.0 Å². The lowest BCUT2D eigenvalue weighted by Gasteiger charge is -2.06. The average molecular weight is 340 g/mol. The highest BCUT2D eigenvalue weighted by Crippen LogP contribution is 2.23. The van der Waals surface area contributed by atoms with Gasteiger partial charge in [-0.15, -0.1) is 23.1 Å². The lowest BCUT2D eigenvalue weighted by atomic mass is 10.2. The van der Waals surface area contributed by atoms with E-state index in [-0.39, 0.29) is 5.91 Å². The fourth-order valence-electron chi connectivity index (χ4n) is 2.10. The molecule has 23 heavy (non-hydrogen) atoms.